The first-order valence-electron chi connectivity index (χ1n) is 8.67. The third-order valence-electron chi connectivity index (χ3n) is 4.18. The van der Waals surface area contributed by atoms with Gasteiger partial charge in [0, 0.05) is 17.2 Å². The highest BCUT2D eigenvalue weighted by Crippen LogP contribution is 2.27. The van der Waals surface area contributed by atoms with Gasteiger partial charge in [0.15, 0.2) is 0 Å². The van der Waals surface area contributed by atoms with Crippen molar-refractivity contribution in [1.29, 1.82) is 0 Å². The largest absolute Gasteiger partial charge is 0.496 e. The third-order valence-corrected chi connectivity index (χ3v) is 6.93. The van der Waals surface area contributed by atoms with Crippen molar-refractivity contribution >= 4 is 32.4 Å². The van der Waals surface area contributed by atoms with Crippen LogP contribution >= 0.6 is 11.3 Å². The van der Waals surface area contributed by atoms with Crippen molar-refractivity contribution in [3.63, 3.8) is 0 Å². The van der Waals surface area contributed by atoms with Crippen LogP contribution in [0.1, 0.15) is 34.5 Å². The predicted molar refractivity (Wildman–Crippen MR) is 111 cm³/mol. The molecule has 0 radical (unpaired) electrons. The quantitative estimate of drug-likeness (QED) is 0.555. The van der Waals surface area contributed by atoms with E-state index in [1.807, 2.05) is 19.1 Å². The van der Waals surface area contributed by atoms with E-state index in [1.54, 1.807) is 43.3 Å². The second-order valence-electron chi connectivity index (χ2n) is 6.23. The summed E-state index contributed by atoms with van der Waals surface area (Å²) < 4.78 is 33.0. The van der Waals surface area contributed by atoms with Gasteiger partial charge >= 0.3 is 0 Å². The maximum absolute atomic E-state index is 12.7. The van der Waals surface area contributed by atoms with Gasteiger partial charge in [-0.2, -0.15) is 0 Å². The normalized spacial score (nSPS) is 12.4. The SMILES string of the molecule is COc1ccccc1C(C)NS(=O)(=O)c1nnc(NC(=O)c2ccccc2C)s1. The number of ether oxygens (including phenoxy) is 1. The molecular weight excluding hydrogens is 412 g/mol. The molecule has 2 N–H and O–H groups in total. The number of amides is 1. The topological polar surface area (TPSA) is 110 Å². The summed E-state index contributed by atoms with van der Waals surface area (Å²) >= 11 is 0.780. The van der Waals surface area contributed by atoms with E-state index in [-0.39, 0.29) is 15.4 Å². The maximum Gasteiger partial charge on any atom is 0.270 e. The van der Waals surface area contributed by atoms with Crippen molar-refractivity contribution in [2.24, 2.45) is 0 Å². The molecule has 0 bridgehead atoms. The Morgan fingerprint density at radius 3 is 2.52 bits per heavy atom. The molecule has 8 nitrogen and oxygen atoms in total. The van der Waals surface area contributed by atoms with Gasteiger partial charge in [-0.25, -0.2) is 13.1 Å². The molecule has 0 fully saturated rings. The Bertz CT molecular complexity index is 1130. The monoisotopic (exact) mass is 432 g/mol. The molecule has 0 saturated carbocycles. The number of hydrogen-bond acceptors (Lipinski definition) is 7. The summed E-state index contributed by atoms with van der Waals surface area (Å²) in [7, 11) is -2.41. The lowest BCUT2D eigenvalue weighted by molar-refractivity contribution is 0.102. The Morgan fingerprint density at radius 2 is 1.79 bits per heavy atom. The number of aryl methyl sites for hydroxylation is 1. The minimum atomic E-state index is -3.93. The zero-order valence-electron chi connectivity index (χ0n) is 16.0. The van der Waals surface area contributed by atoms with Crippen LogP contribution in [-0.2, 0) is 10.0 Å². The molecule has 0 aliphatic carbocycles. The number of para-hydroxylation sites is 1. The summed E-state index contributed by atoms with van der Waals surface area (Å²) in [5, 5.41) is 10.2. The van der Waals surface area contributed by atoms with Gasteiger partial charge in [0.05, 0.1) is 7.11 Å². The fourth-order valence-corrected chi connectivity index (χ4v) is 4.87. The van der Waals surface area contributed by atoms with Crippen LogP contribution in [0, 0.1) is 6.92 Å². The van der Waals surface area contributed by atoms with Gasteiger partial charge in [-0.1, -0.05) is 47.7 Å². The van der Waals surface area contributed by atoms with Crippen LogP contribution in [0.25, 0.3) is 0 Å². The summed E-state index contributed by atoms with van der Waals surface area (Å²) in [5.41, 5.74) is 1.97. The van der Waals surface area contributed by atoms with Crippen molar-refractivity contribution in [2.75, 3.05) is 12.4 Å². The number of nitrogens with one attached hydrogen (secondary N) is 2. The molecule has 2 aromatic carbocycles. The predicted octanol–water partition coefficient (Wildman–Crippen LogP) is 3.15. The maximum atomic E-state index is 12.7. The molecule has 1 atom stereocenters. The van der Waals surface area contributed by atoms with E-state index >= 15 is 0 Å². The van der Waals surface area contributed by atoms with Gasteiger partial charge in [0.1, 0.15) is 5.75 Å². The molecule has 3 rings (SSSR count). The number of methoxy groups -OCH3 is 1. The van der Waals surface area contributed by atoms with E-state index < -0.39 is 16.1 Å². The van der Waals surface area contributed by atoms with Crippen molar-refractivity contribution in [2.45, 2.75) is 24.2 Å². The van der Waals surface area contributed by atoms with Gasteiger partial charge in [-0.05, 0) is 31.5 Å². The lowest BCUT2D eigenvalue weighted by atomic mass is 10.1. The number of nitrogens with zero attached hydrogens (tertiary/aromatic N) is 2. The molecular formula is C19H20N4O4S2. The first-order chi connectivity index (χ1) is 13.8. The Labute approximate surface area is 173 Å². The summed E-state index contributed by atoms with van der Waals surface area (Å²) in [6, 6.07) is 13.7. The number of sulfonamides is 1. The number of hydrogen-bond donors (Lipinski definition) is 2. The van der Waals surface area contributed by atoms with E-state index in [1.165, 1.54) is 7.11 Å². The first-order valence-corrected chi connectivity index (χ1v) is 11.0. The van der Waals surface area contributed by atoms with Gasteiger partial charge < -0.3 is 4.74 Å². The van der Waals surface area contributed by atoms with Crippen LogP contribution in [0.15, 0.2) is 52.9 Å². The van der Waals surface area contributed by atoms with Crippen molar-refractivity contribution in [3.8, 4) is 5.75 Å². The first kappa shape index (κ1) is 20.9. The molecule has 10 heteroatoms. The zero-order valence-corrected chi connectivity index (χ0v) is 17.7. The number of rotatable bonds is 7. The number of carbonyl (C=O) groups excluding carboxylic acids is 1. The Morgan fingerprint density at radius 1 is 1.10 bits per heavy atom. The molecule has 1 aromatic heterocycles. The number of aromatic nitrogens is 2. The van der Waals surface area contributed by atoms with E-state index in [9.17, 15) is 13.2 Å². The van der Waals surface area contributed by atoms with Crippen molar-refractivity contribution < 1.29 is 17.9 Å². The van der Waals surface area contributed by atoms with Crippen LogP contribution in [0.3, 0.4) is 0 Å². The van der Waals surface area contributed by atoms with Crippen molar-refractivity contribution in [1.82, 2.24) is 14.9 Å². The standard InChI is InChI=1S/C19H20N4O4S2/c1-12-8-4-5-9-14(12)17(24)20-18-21-22-19(28-18)29(25,26)23-13(2)15-10-6-7-11-16(15)27-3/h4-11,13,23H,1-3H3,(H,20,21,24). The van der Waals surface area contributed by atoms with E-state index in [0.29, 0.717) is 16.9 Å². The molecule has 3 aromatic rings. The summed E-state index contributed by atoms with van der Waals surface area (Å²) in [5.74, 6) is 0.199. The van der Waals surface area contributed by atoms with Gasteiger partial charge in [-0.3, -0.25) is 10.1 Å². The van der Waals surface area contributed by atoms with Crippen molar-refractivity contribution in [3.05, 3.63) is 65.2 Å². The number of carbonyl (C=O) groups is 1. The molecule has 152 valence electrons. The van der Waals surface area contributed by atoms with E-state index in [2.05, 4.69) is 20.2 Å². The number of benzene rings is 2. The molecule has 0 spiro atoms. The third kappa shape index (κ3) is 4.78. The minimum absolute atomic E-state index is 0.101. The molecule has 0 saturated heterocycles. The lowest BCUT2D eigenvalue weighted by Gasteiger charge is -2.16. The lowest BCUT2D eigenvalue weighted by Crippen LogP contribution is -2.27. The van der Waals surface area contributed by atoms with Crippen LogP contribution in [-0.4, -0.2) is 31.6 Å². The highest BCUT2D eigenvalue weighted by atomic mass is 32.2. The molecule has 29 heavy (non-hydrogen) atoms. The average Bonchev–Trinajstić information content (AvgIpc) is 3.17. The second-order valence-corrected chi connectivity index (χ2v) is 9.09. The van der Waals surface area contributed by atoms with Gasteiger partial charge in [-0.15, -0.1) is 10.2 Å². The average molecular weight is 433 g/mol. The number of anilines is 1. The Balaban J connectivity index is 1.75. The van der Waals surface area contributed by atoms with Gasteiger partial charge in [0.2, 0.25) is 9.47 Å². The summed E-state index contributed by atoms with van der Waals surface area (Å²) in [4.78, 5) is 12.4. The van der Waals surface area contributed by atoms with Crippen LogP contribution in [0.4, 0.5) is 5.13 Å². The molecule has 1 amide bonds. The zero-order chi connectivity index (χ0) is 21.0. The molecule has 0 aliphatic rings. The fourth-order valence-electron chi connectivity index (χ4n) is 2.73. The van der Waals surface area contributed by atoms with Crippen LogP contribution in [0.2, 0.25) is 0 Å². The molecule has 0 aliphatic heterocycles. The highest BCUT2D eigenvalue weighted by Gasteiger charge is 2.25. The molecule has 1 heterocycles. The Hall–Kier alpha value is -2.82. The minimum Gasteiger partial charge on any atom is -0.496 e. The highest BCUT2D eigenvalue weighted by molar-refractivity contribution is 7.91. The second kappa shape index (κ2) is 8.68. The Kier molecular flexibility index (Phi) is 6.26. The van der Waals surface area contributed by atoms with E-state index in [0.717, 1.165) is 16.9 Å². The summed E-state index contributed by atoms with van der Waals surface area (Å²) in [6.45, 7) is 3.52. The van der Waals surface area contributed by atoms with Gasteiger partial charge in [0.25, 0.3) is 15.9 Å². The van der Waals surface area contributed by atoms with E-state index in [4.69, 9.17) is 4.74 Å². The summed E-state index contributed by atoms with van der Waals surface area (Å²) in [6.07, 6.45) is 0. The van der Waals surface area contributed by atoms with Crippen LogP contribution < -0.4 is 14.8 Å². The smallest absolute Gasteiger partial charge is 0.270 e. The van der Waals surface area contributed by atoms with Crippen LogP contribution in [0.5, 0.6) is 5.75 Å². The molecule has 1 unspecified atom stereocenters. The fraction of sp³-hybridized carbons (Fsp3) is 0.211.